The van der Waals surface area contributed by atoms with Crippen molar-refractivity contribution in [2.24, 2.45) is 0 Å². The summed E-state index contributed by atoms with van der Waals surface area (Å²) in [5.41, 5.74) is 10.1. The van der Waals surface area contributed by atoms with Crippen molar-refractivity contribution in [2.75, 3.05) is 6.54 Å². The maximum absolute atomic E-state index is 13.3. The number of nitrogens with one attached hydrogen (secondary N) is 1. The molecule has 1 saturated carbocycles. The molecule has 1 aromatic heterocycles. The fraction of sp³-hybridized carbons (Fsp3) is 0.484. The van der Waals surface area contributed by atoms with Crippen LogP contribution in [0.25, 0.3) is 17.3 Å². The van der Waals surface area contributed by atoms with Crippen molar-refractivity contribution in [3.63, 3.8) is 0 Å². The van der Waals surface area contributed by atoms with Gasteiger partial charge in [-0.1, -0.05) is 37.5 Å². The molecule has 1 aromatic carbocycles. The third-order valence-corrected chi connectivity index (χ3v) is 8.52. The van der Waals surface area contributed by atoms with E-state index < -0.39 is 17.7 Å². The van der Waals surface area contributed by atoms with Gasteiger partial charge in [0.05, 0.1) is 23.4 Å². The summed E-state index contributed by atoms with van der Waals surface area (Å²) in [5, 5.41) is 10.4. The SMILES string of the molecule is CC(C)(C)OC(=O)N[N@+]12C=CCc3c(C4CCCCC4)ccc(c31)-c1c(C(=O)O)c3c(n1CC2)CCC=C3. The lowest BCUT2D eigenvalue weighted by Crippen LogP contribution is -2.60. The summed E-state index contributed by atoms with van der Waals surface area (Å²) in [7, 11) is 0. The lowest BCUT2D eigenvalue weighted by molar-refractivity contribution is 0.0396. The summed E-state index contributed by atoms with van der Waals surface area (Å²) >= 11 is 0. The van der Waals surface area contributed by atoms with Gasteiger partial charge >= 0.3 is 12.1 Å². The Labute approximate surface area is 224 Å². The maximum Gasteiger partial charge on any atom is 0.453 e. The average molecular weight is 517 g/mol. The molecule has 2 aromatic rings. The van der Waals surface area contributed by atoms with Crippen LogP contribution in [-0.4, -0.2) is 33.9 Å². The van der Waals surface area contributed by atoms with Crippen LogP contribution < -0.4 is 10.0 Å². The van der Waals surface area contributed by atoms with Crippen molar-refractivity contribution < 1.29 is 19.4 Å². The van der Waals surface area contributed by atoms with Gasteiger partial charge in [0.15, 0.2) is 5.69 Å². The van der Waals surface area contributed by atoms with E-state index in [9.17, 15) is 14.7 Å². The Morgan fingerprint density at radius 1 is 1.13 bits per heavy atom. The van der Waals surface area contributed by atoms with Gasteiger partial charge in [0.25, 0.3) is 0 Å². The number of quaternary nitrogens is 1. The van der Waals surface area contributed by atoms with E-state index in [0.29, 0.717) is 24.6 Å². The number of fused-ring (bicyclic) bond motifs is 4. The highest BCUT2D eigenvalue weighted by Crippen LogP contribution is 2.49. The van der Waals surface area contributed by atoms with Gasteiger partial charge in [-0.3, -0.25) is 0 Å². The van der Waals surface area contributed by atoms with Crippen LogP contribution in [-0.2, 0) is 24.1 Å². The average Bonchev–Trinajstić information content (AvgIpc) is 3.13. The van der Waals surface area contributed by atoms with E-state index in [1.54, 1.807) is 0 Å². The molecule has 7 nitrogen and oxygen atoms in total. The van der Waals surface area contributed by atoms with Crippen molar-refractivity contribution in [1.82, 2.24) is 14.6 Å². The van der Waals surface area contributed by atoms with Gasteiger partial charge in [-0.15, -0.1) is 0 Å². The van der Waals surface area contributed by atoms with Crippen LogP contribution in [0.3, 0.4) is 0 Å². The van der Waals surface area contributed by atoms with Crippen molar-refractivity contribution in [3.8, 4) is 11.3 Å². The molecule has 3 heterocycles. The van der Waals surface area contributed by atoms with Gasteiger partial charge < -0.3 is 14.4 Å². The number of aromatic carboxylic acids is 1. The molecule has 0 bridgehead atoms. The number of benzene rings is 1. The molecule has 4 aliphatic rings. The zero-order valence-corrected chi connectivity index (χ0v) is 22.7. The first-order valence-electron chi connectivity index (χ1n) is 14.1. The van der Waals surface area contributed by atoms with Gasteiger partial charge in [-0.25, -0.2) is 9.59 Å². The number of nitrogens with zero attached hydrogens (tertiary/aromatic N) is 2. The summed E-state index contributed by atoms with van der Waals surface area (Å²) < 4.78 is 8.08. The van der Waals surface area contributed by atoms with E-state index in [0.717, 1.165) is 47.5 Å². The number of ether oxygens (including phenoxy) is 1. The van der Waals surface area contributed by atoms with Gasteiger partial charge in [0.2, 0.25) is 0 Å². The number of aromatic nitrogens is 1. The molecule has 0 saturated heterocycles. The highest BCUT2D eigenvalue weighted by atomic mass is 16.6. The molecule has 6 rings (SSSR count). The zero-order valence-electron chi connectivity index (χ0n) is 22.7. The molecule has 2 aliphatic heterocycles. The van der Waals surface area contributed by atoms with Gasteiger partial charge in [0.1, 0.15) is 18.3 Å². The van der Waals surface area contributed by atoms with Gasteiger partial charge in [-0.2, -0.15) is 10.0 Å². The maximum atomic E-state index is 13.3. The van der Waals surface area contributed by atoms with Crippen molar-refractivity contribution in [3.05, 3.63) is 58.4 Å². The van der Waals surface area contributed by atoms with Crippen molar-refractivity contribution >= 4 is 23.8 Å². The fourth-order valence-corrected chi connectivity index (χ4v) is 7.09. The van der Waals surface area contributed by atoms with Crippen LogP contribution in [0.1, 0.15) is 98.0 Å². The van der Waals surface area contributed by atoms with E-state index in [4.69, 9.17) is 4.74 Å². The first-order chi connectivity index (χ1) is 18.2. The molecule has 200 valence electrons. The van der Waals surface area contributed by atoms with Crippen LogP contribution >= 0.6 is 0 Å². The third kappa shape index (κ3) is 4.08. The van der Waals surface area contributed by atoms with Crippen LogP contribution in [0.15, 0.2) is 30.5 Å². The molecule has 2 N–H and O–H groups in total. The molecule has 0 unspecified atom stereocenters. The number of hydrogen-bond acceptors (Lipinski definition) is 3. The molecule has 0 spiro atoms. The van der Waals surface area contributed by atoms with E-state index >= 15 is 0 Å². The first kappa shape index (κ1) is 25.0. The molecule has 1 amide bonds. The first-order valence-corrected chi connectivity index (χ1v) is 14.1. The normalized spacial score (nSPS) is 22.2. The molecular weight excluding hydrogens is 478 g/mol. The molecule has 38 heavy (non-hydrogen) atoms. The smallest absolute Gasteiger partial charge is 0.453 e. The van der Waals surface area contributed by atoms with Crippen molar-refractivity contribution in [1.29, 1.82) is 0 Å². The summed E-state index contributed by atoms with van der Waals surface area (Å²) in [5.74, 6) is -0.415. The Balaban J connectivity index is 1.60. The number of carboxylic acids is 1. The van der Waals surface area contributed by atoms with Crippen LogP contribution in [0, 0.1) is 0 Å². The standard InChI is InChI=1S/C31H37N3O4/c1-31(2,3)38-30(37)32-34-18-9-13-22-21(20-10-5-4-6-11-20)15-16-24(28(22)34)27-26(29(35)36)23-12-7-8-14-25(23)33(27)17-19-34/h7,9,12,15-16,18,20H,4-6,8,10-11,13-14,17,19H2,1-3H3,(H-,32,35,36,37)/p+1/t34-/m0/s1. The summed E-state index contributed by atoms with van der Waals surface area (Å²) in [6.07, 6.45) is 16.4. The Bertz CT molecular complexity index is 1370. The highest BCUT2D eigenvalue weighted by Gasteiger charge is 2.45. The summed E-state index contributed by atoms with van der Waals surface area (Å²) in [4.78, 5) is 26.0. The van der Waals surface area contributed by atoms with E-state index in [2.05, 4.69) is 40.5 Å². The van der Waals surface area contributed by atoms with Gasteiger partial charge in [0, 0.05) is 23.2 Å². The number of hydrogen-bond donors (Lipinski definition) is 2. The van der Waals surface area contributed by atoms with E-state index in [-0.39, 0.29) is 4.59 Å². The number of carbonyl (C=O) groups excluding carboxylic acids is 1. The van der Waals surface area contributed by atoms with Crippen LogP contribution in [0.2, 0.25) is 0 Å². The number of carboxylic acid groups (broad SMARTS) is 1. The number of amides is 1. The second-order valence-electron chi connectivity index (χ2n) is 12.1. The Morgan fingerprint density at radius 3 is 2.66 bits per heavy atom. The Kier molecular flexibility index (Phi) is 6.02. The van der Waals surface area contributed by atoms with Crippen LogP contribution in [0.5, 0.6) is 0 Å². The monoisotopic (exact) mass is 516 g/mol. The minimum atomic E-state index is -0.905. The molecule has 1 atom stereocenters. The summed E-state index contributed by atoms with van der Waals surface area (Å²) in [6.45, 7) is 6.76. The Morgan fingerprint density at radius 2 is 1.92 bits per heavy atom. The third-order valence-electron chi connectivity index (χ3n) is 8.52. The molecule has 2 aliphatic carbocycles. The zero-order chi connectivity index (χ0) is 26.7. The lowest BCUT2D eigenvalue weighted by atomic mass is 9.79. The van der Waals surface area contributed by atoms with E-state index in [1.807, 2.05) is 26.8 Å². The molecule has 7 heteroatoms. The second kappa shape index (κ2) is 9.16. The Hall–Kier alpha value is -3.32. The topological polar surface area (TPSA) is 80.6 Å². The largest absolute Gasteiger partial charge is 0.478 e. The predicted octanol–water partition coefficient (Wildman–Crippen LogP) is 6.69. The highest BCUT2D eigenvalue weighted by molar-refractivity contribution is 6.02. The number of rotatable bonds is 3. The van der Waals surface area contributed by atoms with Gasteiger partial charge in [-0.05, 0) is 70.1 Å². The predicted molar refractivity (Wildman–Crippen MR) is 149 cm³/mol. The van der Waals surface area contributed by atoms with Crippen LogP contribution in [0.4, 0.5) is 10.5 Å². The second-order valence-corrected chi connectivity index (χ2v) is 12.1. The minimum absolute atomic E-state index is 0.130. The quantitative estimate of drug-likeness (QED) is 0.445. The summed E-state index contributed by atoms with van der Waals surface area (Å²) in [6, 6.07) is 4.37. The molecule has 0 radical (unpaired) electrons. The number of allylic oxidation sites excluding steroid dienone is 2. The van der Waals surface area contributed by atoms with Crippen molar-refractivity contribution in [2.45, 2.75) is 90.2 Å². The fourth-order valence-electron chi connectivity index (χ4n) is 7.09. The van der Waals surface area contributed by atoms with E-state index in [1.165, 1.54) is 43.2 Å². The number of carbonyl (C=O) groups is 2. The minimum Gasteiger partial charge on any atom is -0.478 e. The molecule has 1 fully saturated rings. The molecular formula is C31H38N3O4+. The lowest BCUT2D eigenvalue weighted by Gasteiger charge is -2.38.